The van der Waals surface area contributed by atoms with Gasteiger partial charge in [-0.3, -0.25) is 14.6 Å². The van der Waals surface area contributed by atoms with Gasteiger partial charge in [0.1, 0.15) is 5.75 Å². The van der Waals surface area contributed by atoms with E-state index in [4.69, 9.17) is 15.5 Å². The summed E-state index contributed by atoms with van der Waals surface area (Å²) in [7, 11) is 1.64. The molecule has 2 N–H and O–H groups in total. The number of hydrogen-bond acceptors (Lipinski definition) is 4. The molecule has 2 aromatic carbocycles. The molecule has 6 heteroatoms. The fourth-order valence-corrected chi connectivity index (χ4v) is 4.38. The molecule has 0 spiro atoms. The summed E-state index contributed by atoms with van der Waals surface area (Å²) in [5, 5.41) is 0.889. The van der Waals surface area contributed by atoms with Gasteiger partial charge in [-0.1, -0.05) is 36.4 Å². The van der Waals surface area contributed by atoms with Crippen LogP contribution in [0.25, 0.3) is 10.9 Å². The van der Waals surface area contributed by atoms with E-state index >= 15 is 0 Å². The van der Waals surface area contributed by atoms with E-state index in [0.717, 1.165) is 41.6 Å². The van der Waals surface area contributed by atoms with Gasteiger partial charge in [0.25, 0.3) is 5.91 Å². The molecule has 3 aromatic rings. The predicted octanol–water partition coefficient (Wildman–Crippen LogP) is 3.68. The molecule has 2 amide bonds. The normalized spacial score (nSPS) is 16.3. The van der Waals surface area contributed by atoms with Crippen molar-refractivity contribution in [2.24, 2.45) is 5.73 Å². The third-order valence-electron chi connectivity index (χ3n) is 5.98. The first-order chi connectivity index (χ1) is 15.1. The van der Waals surface area contributed by atoms with E-state index in [2.05, 4.69) is 0 Å². The van der Waals surface area contributed by atoms with Crippen molar-refractivity contribution in [3.05, 3.63) is 71.4 Å². The van der Waals surface area contributed by atoms with E-state index in [1.807, 2.05) is 59.5 Å². The average Bonchev–Trinajstić information content (AvgIpc) is 2.81. The van der Waals surface area contributed by atoms with Crippen LogP contribution in [0.3, 0.4) is 0 Å². The number of primary amides is 1. The first kappa shape index (κ1) is 20.8. The van der Waals surface area contributed by atoms with Crippen molar-refractivity contribution < 1.29 is 14.3 Å². The number of aromatic nitrogens is 1. The van der Waals surface area contributed by atoms with E-state index < -0.39 is 5.91 Å². The van der Waals surface area contributed by atoms with Crippen LogP contribution >= 0.6 is 0 Å². The summed E-state index contributed by atoms with van der Waals surface area (Å²) >= 11 is 0. The molecule has 1 aliphatic rings. The largest absolute Gasteiger partial charge is 0.496 e. The van der Waals surface area contributed by atoms with Crippen molar-refractivity contribution in [1.82, 2.24) is 9.88 Å². The summed E-state index contributed by atoms with van der Waals surface area (Å²) in [5.41, 5.74) is 8.69. The fourth-order valence-electron chi connectivity index (χ4n) is 4.38. The highest BCUT2D eigenvalue weighted by atomic mass is 16.5. The number of carbonyl (C=O) groups is 2. The van der Waals surface area contributed by atoms with Crippen molar-refractivity contribution >= 4 is 22.7 Å². The Morgan fingerprint density at radius 1 is 1.16 bits per heavy atom. The maximum atomic E-state index is 13.0. The number of ether oxygens (including phenoxy) is 1. The quantitative estimate of drug-likeness (QED) is 0.663. The fraction of sp³-hybridized carbons (Fsp3) is 0.320. The Morgan fingerprint density at radius 2 is 1.94 bits per heavy atom. The molecular weight excluding hydrogens is 390 g/mol. The molecule has 0 saturated carbocycles. The number of rotatable bonds is 6. The molecule has 160 valence electrons. The van der Waals surface area contributed by atoms with E-state index in [1.165, 1.54) is 0 Å². The summed E-state index contributed by atoms with van der Waals surface area (Å²) in [6.45, 7) is 1.27. The van der Waals surface area contributed by atoms with Gasteiger partial charge in [-0.2, -0.15) is 0 Å². The van der Waals surface area contributed by atoms with Crippen molar-refractivity contribution in [3.8, 4) is 5.75 Å². The lowest BCUT2D eigenvalue weighted by Gasteiger charge is -2.33. The summed E-state index contributed by atoms with van der Waals surface area (Å²) in [4.78, 5) is 31.8. The van der Waals surface area contributed by atoms with Crippen LogP contribution in [0.1, 0.15) is 46.8 Å². The number of amides is 2. The molecule has 1 atom stereocenters. The Labute approximate surface area is 182 Å². The molecule has 0 bridgehead atoms. The minimum absolute atomic E-state index is 0.00364. The number of hydrogen-bond donors (Lipinski definition) is 1. The van der Waals surface area contributed by atoms with Crippen molar-refractivity contribution in [1.29, 1.82) is 0 Å². The van der Waals surface area contributed by atoms with Crippen LogP contribution < -0.4 is 10.5 Å². The van der Waals surface area contributed by atoms with Gasteiger partial charge < -0.3 is 15.4 Å². The van der Waals surface area contributed by atoms with Gasteiger partial charge in [0.15, 0.2) is 0 Å². The highest BCUT2D eigenvalue weighted by molar-refractivity contribution is 5.97. The SMILES string of the molecule is COc1ccccc1CCC(=O)N1CCC[C@H](c2nc3ccccc3cc2C(N)=O)C1. The smallest absolute Gasteiger partial charge is 0.250 e. The molecule has 1 saturated heterocycles. The van der Waals surface area contributed by atoms with Crippen molar-refractivity contribution in [2.45, 2.75) is 31.6 Å². The third kappa shape index (κ3) is 4.53. The molecule has 6 nitrogen and oxygen atoms in total. The zero-order valence-corrected chi connectivity index (χ0v) is 17.7. The number of piperidine rings is 1. The van der Waals surface area contributed by atoms with Gasteiger partial charge in [0.2, 0.25) is 5.91 Å². The second-order valence-corrected chi connectivity index (χ2v) is 7.97. The molecule has 0 radical (unpaired) electrons. The van der Waals surface area contributed by atoms with Gasteiger partial charge in [0, 0.05) is 30.8 Å². The molecule has 1 aromatic heterocycles. The van der Waals surface area contributed by atoms with Crippen LogP contribution in [-0.4, -0.2) is 41.9 Å². The number of benzene rings is 2. The Hall–Kier alpha value is -3.41. The topological polar surface area (TPSA) is 85.5 Å². The van der Waals surface area contributed by atoms with Crippen LogP contribution in [0.2, 0.25) is 0 Å². The van der Waals surface area contributed by atoms with Crippen LogP contribution in [0.5, 0.6) is 5.75 Å². The number of fused-ring (bicyclic) bond motifs is 1. The maximum absolute atomic E-state index is 13.0. The molecule has 4 rings (SSSR count). The molecule has 1 aliphatic heterocycles. The Kier molecular flexibility index (Phi) is 6.16. The van der Waals surface area contributed by atoms with Gasteiger partial charge >= 0.3 is 0 Å². The predicted molar refractivity (Wildman–Crippen MR) is 120 cm³/mol. The third-order valence-corrected chi connectivity index (χ3v) is 5.98. The van der Waals surface area contributed by atoms with Gasteiger partial charge in [-0.25, -0.2) is 0 Å². The standard InChI is InChI=1S/C25H27N3O3/c1-31-22-11-5-3-7-17(22)12-13-23(29)28-14-6-9-19(16-28)24-20(25(26)30)15-18-8-2-4-10-21(18)27-24/h2-5,7-8,10-11,15,19H,6,9,12-14,16H2,1H3,(H2,26,30)/t19-/m0/s1. The maximum Gasteiger partial charge on any atom is 0.250 e. The Balaban J connectivity index is 1.51. The lowest BCUT2D eigenvalue weighted by atomic mass is 9.90. The Bertz CT molecular complexity index is 1110. The second-order valence-electron chi connectivity index (χ2n) is 7.97. The second kappa shape index (κ2) is 9.16. The Morgan fingerprint density at radius 3 is 2.74 bits per heavy atom. The number of methoxy groups -OCH3 is 1. The lowest BCUT2D eigenvalue weighted by molar-refractivity contribution is -0.132. The minimum Gasteiger partial charge on any atom is -0.496 e. The number of aryl methyl sites for hydroxylation is 1. The number of nitrogens with zero attached hydrogens (tertiary/aromatic N) is 2. The monoisotopic (exact) mass is 417 g/mol. The highest BCUT2D eigenvalue weighted by Crippen LogP contribution is 2.30. The summed E-state index contributed by atoms with van der Waals surface area (Å²) in [6, 6.07) is 17.3. The van der Waals surface area contributed by atoms with Gasteiger partial charge in [0.05, 0.1) is 23.9 Å². The average molecular weight is 418 g/mol. The molecular formula is C25H27N3O3. The molecule has 31 heavy (non-hydrogen) atoms. The minimum atomic E-state index is -0.479. The number of pyridine rings is 1. The van der Waals surface area contributed by atoms with Crippen molar-refractivity contribution in [2.75, 3.05) is 20.2 Å². The highest BCUT2D eigenvalue weighted by Gasteiger charge is 2.28. The summed E-state index contributed by atoms with van der Waals surface area (Å²) in [6.07, 6.45) is 2.80. The van der Waals surface area contributed by atoms with Gasteiger partial charge in [-0.05, 0) is 43.0 Å². The lowest BCUT2D eigenvalue weighted by Crippen LogP contribution is -2.40. The van der Waals surface area contributed by atoms with E-state index in [1.54, 1.807) is 7.11 Å². The molecule has 0 aliphatic carbocycles. The van der Waals surface area contributed by atoms with Crippen LogP contribution in [0.15, 0.2) is 54.6 Å². The number of nitrogens with two attached hydrogens (primary N) is 1. The first-order valence-corrected chi connectivity index (χ1v) is 10.7. The zero-order valence-electron chi connectivity index (χ0n) is 17.7. The first-order valence-electron chi connectivity index (χ1n) is 10.7. The number of likely N-dealkylation sites (tertiary alicyclic amines) is 1. The van der Waals surface area contributed by atoms with Crippen LogP contribution in [-0.2, 0) is 11.2 Å². The summed E-state index contributed by atoms with van der Waals surface area (Å²) < 4.78 is 5.39. The molecule has 1 fully saturated rings. The zero-order chi connectivity index (χ0) is 21.8. The van der Waals surface area contributed by atoms with E-state index in [-0.39, 0.29) is 11.8 Å². The number of para-hydroxylation sites is 2. The number of carbonyl (C=O) groups excluding carboxylic acids is 2. The molecule has 0 unspecified atom stereocenters. The van der Waals surface area contributed by atoms with Gasteiger partial charge in [-0.15, -0.1) is 0 Å². The molecule has 2 heterocycles. The van der Waals surface area contributed by atoms with Crippen LogP contribution in [0, 0.1) is 0 Å². The van der Waals surface area contributed by atoms with E-state index in [9.17, 15) is 9.59 Å². The van der Waals surface area contributed by atoms with E-state index in [0.29, 0.717) is 30.6 Å². The summed E-state index contributed by atoms with van der Waals surface area (Å²) in [5.74, 6) is 0.430. The van der Waals surface area contributed by atoms with Crippen molar-refractivity contribution in [3.63, 3.8) is 0 Å². The van der Waals surface area contributed by atoms with Crippen LogP contribution in [0.4, 0.5) is 0 Å².